The second kappa shape index (κ2) is 3.58. The van der Waals surface area contributed by atoms with Gasteiger partial charge in [-0.1, -0.05) is 6.92 Å². The van der Waals surface area contributed by atoms with Crippen LogP contribution in [0.3, 0.4) is 0 Å². The lowest BCUT2D eigenvalue weighted by atomic mass is 10.1. The van der Waals surface area contributed by atoms with Gasteiger partial charge in [-0.15, -0.1) is 0 Å². The molecule has 11 heavy (non-hydrogen) atoms. The van der Waals surface area contributed by atoms with Gasteiger partial charge in [0, 0.05) is 25.0 Å². The van der Waals surface area contributed by atoms with Crippen molar-refractivity contribution in [3.63, 3.8) is 0 Å². The molecule has 0 aliphatic carbocycles. The molecule has 0 radical (unpaired) electrons. The van der Waals surface area contributed by atoms with E-state index in [-0.39, 0.29) is 6.04 Å². The summed E-state index contributed by atoms with van der Waals surface area (Å²) in [6, 6.07) is 2.31. The van der Waals surface area contributed by atoms with Gasteiger partial charge in [-0.2, -0.15) is 0 Å². The van der Waals surface area contributed by atoms with Gasteiger partial charge < -0.3 is 10.3 Å². The fraction of sp³-hybridized carbons (Fsp3) is 0.556. The Morgan fingerprint density at radius 1 is 1.55 bits per heavy atom. The van der Waals surface area contributed by atoms with Crippen molar-refractivity contribution in [1.29, 1.82) is 0 Å². The van der Waals surface area contributed by atoms with Gasteiger partial charge >= 0.3 is 0 Å². The van der Waals surface area contributed by atoms with Crippen molar-refractivity contribution in [3.05, 3.63) is 24.0 Å². The summed E-state index contributed by atoms with van der Waals surface area (Å²) in [6.07, 6.45) is 5.20. The fourth-order valence-corrected chi connectivity index (χ4v) is 1.11. The van der Waals surface area contributed by atoms with Crippen molar-refractivity contribution in [3.8, 4) is 0 Å². The van der Waals surface area contributed by atoms with E-state index in [4.69, 9.17) is 5.73 Å². The summed E-state index contributed by atoms with van der Waals surface area (Å²) in [5.74, 6) is 0. The molecule has 0 spiro atoms. The van der Waals surface area contributed by atoms with Gasteiger partial charge in [-0.3, -0.25) is 0 Å². The van der Waals surface area contributed by atoms with E-state index in [1.54, 1.807) is 0 Å². The first-order chi connectivity index (χ1) is 5.27. The normalized spacial score (nSPS) is 13.4. The minimum absolute atomic E-state index is 0.211. The molecule has 0 bridgehead atoms. The first-order valence-electron chi connectivity index (χ1n) is 4.19. The van der Waals surface area contributed by atoms with Crippen LogP contribution in [0.1, 0.15) is 31.9 Å². The quantitative estimate of drug-likeness (QED) is 0.704. The third-order valence-corrected chi connectivity index (χ3v) is 2.01. The highest BCUT2D eigenvalue weighted by Crippen LogP contribution is 2.13. The molecule has 2 nitrogen and oxygen atoms in total. The topological polar surface area (TPSA) is 30.9 Å². The Morgan fingerprint density at radius 2 is 2.27 bits per heavy atom. The highest BCUT2D eigenvalue weighted by Gasteiger charge is 2.03. The second-order valence-electron chi connectivity index (χ2n) is 2.79. The predicted octanol–water partition coefficient (Wildman–Crippen LogP) is 1.92. The summed E-state index contributed by atoms with van der Waals surface area (Å²) < 4.78 is 2.14. The molecular formula is C9H16N2. The van der Waals surface area contributed by atoms with E-state index in [9.17, 15) is 0 Å². The van der Waals surface area contributed by atoms with Crippen LogP contribution in [0.25, 0.3) is 0 Å². The minimum atomic E-state index is 0.211. The molecule has 2 heteroatoms. The van der Waals surface area contributed by atoms with Crippen molar-refractivity contribution in [2.75, 3.05) is 0 Å². The number of aromatic nitrogens is 1. The van der Waals surface area contributed by atoms with E-state index < -0.39 is 0 Å². The highest BCUT2D eigenvalue weighted by molar-refractivity contribution is 5.14. The standard InChI is InChI=1S/C9H16N2/c1-3-9(10)8-5-6-11(4-2)7-8/h5-7,9H,3-4,10H2,1-2H3. The first kappa shape index (κ1) is 8.34. The van der Waals surface area contributed by atoms with Gasteiger partial charge in [0.1, 0.15) is 0 Å². The molecule has 1 unspecified atom stereocenters. The lowest BCUT2D eigenvalue weighted by Crippen LogP contribution is -2.07. The Balaban J connectivity index is 2.71. The molecule has 0 aromatic carbocycles. The zero-order valence-corrected chi connectivity index (χ0v) is 7.25. The van der Waals surface area contributed by atoms with Gasteiger partial charge in [0.25, 0.3) is 0 Å². The van der Waals surface area contributed by atoms with E-state index in [0.717, 1.165) is 13.0 Å². The number of hydrogen-bond acceptors (Lipinski definition) is 1. The zero-order chi connectivity index (χ0) is 8.27. The minimum Gasteiger partial charge on any atom is -0.354 e. The highest BCUT2D eigenvalue weighted by atomic mass is 14.9. The summed E-state index contributed by atoms with van der Waals surface area (Å²) in [5, 5.41) is 0. The lowest BCUT2D eigenvalue weighted by molar-refractivity contribution is 0.690. The smallest absolute Gasteiger partial charge is 0.0307 e. The van der Waals surface area contributed by atoms with Crippen LogP contribution in [0.4, 0.5) is 0 Å². The Hall–Kier alpha value is -0.760. The van der Waals surface area contributed by atoms with Crippen molar-refractivity contribution < 1.29 is 0 Å². The van der Waals surface area contributed by atoms with Crippen LogP contribution < -0.4 is 5.73 Å². The van der Waals surface area contributed by atoms with Crippen LogP contribution in [-0.4, -0.2) is 4.57 Å². The SMILES string of the molecule is CCC(N)c1ccn(CC)c1. The van der Waals surface area contributed by atoms with E-state index in [1.165, 1.54) is 5.56 Å². The number of nitrogens with two attached hydrogens (primary N) is 1. The van der Waals surface area contributed by atoms with E-state index in [1.807, 2.05) is 0 Å². The molecule has 1 aromatic rings. The number of aryl methyl sites for hydroxylation is 1. The van der Waals surface area contributed by atoms with Crippen LogP contribution >= 0.6 is 0 Å². The van der Waals surface area contributed by atoms with Gasteiger partial charge in [-0.05, 0) is 25.0 Å². The molecule has 0 fully saturated rings. The molecule has 1 aromatic heterocycles. The average molecular weight is 152 g/mol. The second-order valence-corrected chi connectivity index (χ2v) is 2.79. The Bertz CT molecular complexity index is 215. The van der Waals surface area contributed by atoms with Crippen LogP contribution in [0.2, 0.25) is 0 Å². The van der Waals surface area contributed by atoms with Gasteiger partial charge in [-0.25, -0.2) is 0 Å². The monoisotopic (exact) mass is 152 g/mol. The Kier molecular flexibility index (Phi) is 2.71. The molecular weight excluding hydrogens is 136 g/mol. The summed E-state index contributed by atoms with van der Waals surface area (Å²) in [7, 11) is 0. The van der Waals surface area contributed by atoms with Gasteiger partial charge in [0.15, 0.2) is 0 Å². The van der Waals surface area contributed by atoms with Crippen molar-refractivity contribution in [2.24, 2.45) is 5.73 Å². The number of hydrogen-bond donors (Lipinski definition) is 1. The molecule has 1 heterocycles. The summed E-state index contributed by atoms with van der Waals surface area (Å²) in [4.78, 5) is 0. The maximum atomic E-state index is 5.85. The molecule has 0 aliphatic heterocycles. The molecule has 2 N–H and O–H groups in total. The summed E-state index contributed by atoms with van der Waals surface area (Å²) in [6.45, 7) is 5.26. The molecule has 0 saturated heterocycles. The Labute approximate surface area is 68.0 Å². The summed E-state index contributed by atoms with van der Waals surface area (Å²) >= 11 is 0. The van der Waals surface area contributed by atoms with E-state index in [2.05, 4.69) is 36.9 Å². The van der Waals surface area contributed by atoms with Crippen molar-refractivity contribution >= 4 is 0 Å². The molecule has 62 valence electrons. The zero-order valence-electron chi connectivity index (χ0n) is 7.25. The van der Waals surface area contributed by atoms with Crippen LogP contribution in [-0.2, 0) is 6.54 Å². The van der Waals surface area contributed by atoms with E-state index in [0.29, 0.717) is 0 Å². The van der Waals surface area contributed by atoms with Gasteiger partial charge in [0.05, 0.1) is 0 Å². The predicted molar refractivity (Wildman–Crippen MR) is 47.3 cm³/mol. The third-order valence-electron chi connectivity index (χ3n) is 2.01. The first-order valence-corrected chi connectivity index (χ1v) is 4.19. The van der Waals surface area contributed by atoms with Crippen LogP contribution in [0.5, 0.6) is 0 Å². The van der Waals surface area contributed by atoms with Crippen molar-refractivity contribution in [1.82, 2.24) is 4.57 Å². The molecule has 1 rings (SSSR count). The Morgan fingerprint density at radius 3 is 2.73 bits per heavy atom. The maximum absolute atomic E-state index is 5.85. The largest absolute Gasteiger partial charge is 0.354 e. The molecule has 1 atom stereocenters. The van der Waals surface area contributed by atoms with Crippen molar-refractivity contribution in [2.45, 2.75) is 32.9 Å². The van der Waals surface area contributed by atoms with Gasteiger partial charge in [0.2, 0.25) is 0 Å². The number of rotatable bonds is 3. The molecule has 0 amide bonds. The van der Waals surface area contributed by atoms with Crippen LogP contribution in [0.15, 0.2) is 18.5 Å². The lowest BCUT2D eigenvalue weighted by Gasteiger charge is -2.04. The summed E-state index contributed by atoms with van der Waals surface area (Å²) in [5.41, 5.74) is 7.09. The average Bonchev–Trinajstić information content (AvgIpc) is 2.50. The third kappa shape index (κ3) is 1.84. The maximum Gasteiger partial charge on any atom is 0.0307 e. The molecule has 0 aliphatic rings. The molecule has 0 saturated carbocycles. The number of nitrogens with zero attached hydrogens (tertiary/aromatic N) is 1. The van der Waals surface area contributed by atoms with Crippen LogP contribution in [0, 0.1) is 0 Å². The van der Waals surface area contributed by atoms with E-state index >= 15 is 0 Å². The fourth-order valence-electron chi connectivity index (χ4n) is 1.11.